The Morgan fingerprint density at radius 1 is 1.31 bits per heavy atom. The summed E-state index contributed by atoms with van der Waals surface area (Å²) < 4.78 is 28.6. The van der Waals surface area contributed by atoms with Crippen molar-refractivity contribution in [3.8, 4) is 0 Å². The van der Waals surface area contributed by atoms with E-state index in [4.69, 9.17) is 5.11 Å². The Morgan fingerprint density at radius 2 is 2.07 bits per heavy atom. The highest BCUT2D eigenvalue weighted by Crippen LogP contribution is 2.36. The van der Waals surface area contributed by atoms with Crippen LogP contribution in [0.2, 0.25) is 0 Å². The number of halogens is 2. The molecular weight excluding hydrogens is 382 g/mol. The van der Waals surface area contributed by atoms with E-state index in [9.17, 15) is 18.7 Å². The summed E-state index contributed by atoms with van der Waals surface area (Å²) in [4.78, 5) is 16.5. The first-order valence-corrected chi connectivity index (χ1v) is 9.11. The van der Waals surface area contributed by atoms with E-state index in [0.29, 0.717) is 5.56 Å². The number of carbonyl (C=O) groups is 1. The molecule has 3 aromatic rings. The first kappa shape index (κ1) is 20.8. The minimum Gasteiger partial charge on any atom is -0.396 e. The van der Waals surface area contributed by atoms with Gasteiger partial charge in [-0.05, 0) is 44.5 Å². The van der Waals surface area contributed by atoms with Crippen molar-refractivity contribution < 1.29 is 23.8 Å². The summed E-state index contributed by atoms with van der Waals surface area (Å²) in [6.45, 7) is 3.03. The molecule has 0 bridgehead atoms. The molecule has 0 radical (unpaired) electrons. The smallest absolute Gasteiger partial charge is 0.280 e. The fraction of sp³-hybridized carbons (Fsp3) is 0.350. The highest BCUT2D eigenvalue weighted by molar-refractivity contribution is 6.04. The molecule has 0 unspecified atom stereocenters. The Morgan fingerprint density at radius 3 is 2.66 bits per heavy atom. The number of benzene rings is 1. The third-order valence-electron chi connectivity index (χ3n) is 4.46. The lowest BCUT2D eigenvalue weighted by Crippen LogP contribution is -2.21. The fourth-order valence-electron chi connectivity index (χ4n) is 3.11. The normalized spacial score (nSPS) is 12.0. The van der Waals surface area contributed by atoms with Crippen LogP contribution in [0.15, 0.2) is 36.5 Å². The number of nitrogens with one attached hydrogen (secondary N) is 1. The van der Waals surface area contributed by atoms with Crippen molar-refractivity contribution in [1.82, 2.24) is 14.8 Å². The summed E-state index contributed by atoms with van der Waals surface area (Å²) >= 11 is 0. The monoisotopic (exact) mass is 404 g/mol. The Labute approximate surface area is 166 Å². The Kier molecular flexibility index (Phi) is 5.90. The van der Waals surface area contributed by atoms with Gasteiger partial charge in [0.15, 0.2) is 0 Å². The van der Waals surface area contributed by atoms with E-state index in [1.54, 1.807) is 12.1 Å². The molecule has 9 heteroatoms. The highest BCUT2D eigenvalue weighted by Gasteiger charge is 2.27. The van der Waals surface area contributed by atoms with Crippen LogP contribution in [0.5, 0.6) is 0 Å². The van der Waals surface area contributed by atoms with Gasteiger partial charge in [0.05, 0.1) is 11.1 Å². The minimum atomic E-state index is -2.80. The van der Waals surface area contributed by atoms with Gasteiger partial charge in [-0.2, -0.15) is 5.10 Å². The van der Waals surface area contributed by atoms with Gasteiger partial charge >= 0.3 is 0 Å². The van der Waals surface area contributed by atoms with Gasteiger partial charge in [0.1, 0.15) is 11.4 Å². The molecule has 0 aliphatic heterocycles. The van der Waals surface area contributed by atoms with Crippen LogP contribution in [-0.4, -0.2) is 37.5 Å². The van der Waals surface area contributed by atoms with Gasteiger partial charge in [0, 0.05) is 36.0 Å². The van der Waals surface area contributed by atoms with Crippen LogP contribution in [0.25, 0.3) is 10.9 Å². The number of aryl methyl sites for hydroxylation is 1. The van der Waals surface area contributed by atoms with Crippen molar-refractivity contribution in [3.63, 3.8) is 0 Å². The van der Waals surface area contributed by atoms with Crippen molar-refractivity contribution in [3.05, 3.63) is 53.5 Å². The molecule has 2 heterocycles. The molecule has 7 nitrogen and oxygen atoms in total. The zero-order valence-corrected chi connectivity index (χ0v) is 16.1. The van der Waals surface area contributed by atoms with Crippen LogP contribution in [0.1, 0.15) is 48.4 Å². The fourth-order valence-corrected chi connectivity index (χ4v) is 3.11. The van der Waals surface area contributed by atoms with E-state index in [2.05, 4.69) is 15.4 Å². The average molecular weight is 404 g/mol. The van der Waals surface area contributed by atoms with E-state index in [-0.39, 0.29) is 47.6 Å². The lowest BCUT2D eigenvalue weighted by atomic mass is 9.94. The molecule has 3 rings (SSSR count). The summed E-state index contributed by atoms with van der Waals surface area (Å²) in [7, 11) is 0. The second-order valence-electron chi connectivity index (χ2n) is 7.13. The Balaban J connectivity index is 2.13. The van der Waals surface area contributed by atoms with Crippen LogP contribution < -0.4 is 5.32 Å². The zero-order chi connectivity index (χ0) is 21.2. The zero-order valence-electron chi connectivity index (χ0n) is 16.1. The topological polar surface area (TPSA) is 100 Å². The maximum Gasteiger partial charge on any atom is 0.280 e. The summed E-state index contributed by atoms with van der Waals surface area (Å²) in [5, 5.41) is 26.6. The van der Waals surface area contributed by atoms with Gasteiger partial charge in [0.2, 0.25) is 0 Å². The lowest BCUT2D eigenvalue weighted by molar-refractivity contribution is 0.0793. The van der Waals surface area contributed by atoms with Crippen molar-refractivity contribution in [2.45, 2.75) is 38.8 Å². The third kappa shape index (κ3) is 4.41. The number of carbonyl (C=O) groups excluding carboxylic acids is 1. The van der Waals surface area contributed by atoms with Gasteiger partial charge in [-0.3, -0.25) is 14.5 Å². The number of rotatable bonds is 7. The molecule has 1 aromatic carbocycles. The van der Waals surface area contributed by atoms with Gasteiger partial charge in [0.25, 0.3) is 12.3 Å². The third-order valence-corrected chi connectivity index (χ3v) is 4.46. The minimum absolute atomic E-state index is 0.123. The Hall–Kier alpha value is -2.91. The second kappa shape index (κ2) is 8.22. The number of aliphatic hydroxyl groups is 2. The number of aromatic nitrogens is 3. The number of anilines is 1. The van der Waals surface area contributed by atoms with Gasteiger partial charge < -0.3 is 15.5 Å². The number of amides is 1. The standard InChI is InChI=1S/C20H22F2N4O3/c1-20(2,29)13-11-15-12(17(18(21)22)26(25-15)8-5-9-27)10-16(13)24-19(28)14-6-3-4-7-23-14/h3-4,6-7,10-11,18,27,29H,5,8-9H2,1-2H3,(H,24,28). The highest BCUT2D eigenvalue weighted by atomic mass is 19.3. The number of aliphatic hydroxyl groups excluding tert-OH is 1. The molecule has 0 saturated carbocycles. The van der Waals surface area contributed by atoms with Crippen LogP contribution >= 0.6 is 0 Å². The van der Waals surface area contributed by atoms with Crippen LogP contribution in [0, 0.1) is 0 Å². The van der Waals surface area contributed by atoms with Crippen molar-refractivity contribution in [1.29, 1.82) is 0 Å². The van der Waals surface area contributed by atoms with Crippen LogP contribution in [0.3, 0.4) is 0 Å². The maximum absolute atomic E-state index is 13.7. The summed E-state index contributed by atoms with van der Waals surface area (Å²) in [6.07, 6.45) is -1.06. The molecule has 29 heavy (non-hydrogen) atoms. The van der Waals surface area contributed by atoms with E-state index < -0.39 is 17.9 Å². The summed E-state index contributed by atoms with van der Waals surface area (Å²) in [5.74, 6) is -0.526. The Bertz CT molecular complexity index is 1010. The number of pyridine rings is 1. The molecule has 2 aromatic heterocycles. The van der Waals surface area contributed by atoms with Crippen molar-refractivity contribution in [2.24, 2.45) is 0 Å². The molecule has 0 spiro atoms. The van der Waals surface area contributed by atoms with Crippen LogP contribution in [0.4, 0.5) is 14.5 Å². The first-order chi connectivity index (χ1) is 13.7. The SMILES string of the molecule is CC(C)(O)c1cc2nn(CCCO)c(C(F)F)c2cc1NC(=O)c1ccccn1. The van der Waals surface area contributed by atoms with Crippen molar-refractivity contribution >= 4 is 22.5 Å². The molecule has 1 amide bonds. The number of fused-ring (bicyclic) bond motifs is 1. The first-order valence-electron chi connectivity index (χ1n) is 9.11. The van der Waals surface area contributed by atoms with Crippen LogP contribution in [-0.2, 0) is 12.1 Å². The number of hydrogen-bond acceptors (Lipinski definition) is 5. The molecule has 3 N–H and O–H groups in total. The largest absolute Gasteiger partial charge is 0.396 e. The molecule has 0 fully saturated rings. The number of alkyl halides is 2. The second-order valence-corrected chi connectivity index (χ2v) is 7.13. The van der Waals surface area contributed by atoms with E-state index in [0.717, 1.165) is 4.68 Å². The van der Waals surface area contributed by atoms with E-state index in [1.165, 1.54) is 38.2 Å². The van der Waals surface area contributed by atoms with E-state index in [1.807, 2.05) is 0 Å². The molecule has 0 saturated heterocycles. The van der Waals surface area contributed by atoms with Gasteiger partial charge in [-0.25, -0.2) is 8.78 Å². The molecule has 0 aliphatic rings. The molecular formula is C20H22F2N4O3. The lowest BCUT2D eigenvalue weighted by Gasteiger charge is -2.22. The number of nitrogens with zero attached hydrogens (tertiary/aromatic N) is 3. The summed E-state index contributed by atoms with van der Waals surface area (Å²) in [5.41, 5.74) is -0.704. The predicted molar refractivity (Wildman–Crippen MR) is 104 cm³/mol. The molecule has 0 aliphatic carbocycles. The predicted octanol–water partition coefficient (Wildman–Crippen LogP) is 3.23. The summed E-state index contributed by atoms with van der Waals surface area (Å²) in [6, 6.07) is 7.73. The van der Waals surface area contributed by atoms with Crippen molar-refractivity contribution in [2.75, 3.05) is 11.9 Å². The maximum atomic E-state index is 13.7. The molecule has 0 atom stereocenters. The van der Waals surface area contributed by atoms with Gasteiger partial charge in [-0.15, -0.1) is 0 Å². The molecule has 154 valence electrons. The number of hydrogen-bond donors (Lipinski definition) is 3. The quantitative estimate of drug-likeness (QED) is 0.561. The van der Waals surface area contributed by atoms with E-state index >= 15 is 0 Å². The average Bonchev–Trinajstić information content (AvgIpc) is 3.03. The van der Waals surface area contributed by atoms with Gasteiger partial charge in [-0.1, -0.05) is 6.07 Å².